The van der Waals surface area contributed by atoms with Gasteiger partial charge in [-0.3, -0.25) is 0 Å². The first-order valence-electron chi connectivity index (χ1n) is 5.30. The molecule has 0 spiro atoms. The maximum absolute atomic E-state index is 11.1. The van der Waals surface area contributed by atoms with Crippen molar-refractivity contribution in [2.45, 2.75) is 39.7 Å². The molecule has 0 aliphatic heterocycles. The molecule has 1 aromatic rings. The Labute approximate surface area is 99.7 Å². The van der Waals surface area contributed by atoms with Crippen LogP contribution in [0.15, 0.2) is 0 Å². The van der Waals surface area contributed by atoms with Crippen LogP contribution in [0.2, 0.25) is 0 Å². The highest BCUT2D eigenvalue weighted by atomic mass is 32.1. The quantitative estimate of drug-likeness (QED) is 0.850. The molecule has 0 fully saturated rings. The summed E-state index contributed by atoms with van der Waals surface area (Å²) in [6.45, 7) is 9.43. The molecule has 0 saturated carbocycles. The zero-order chi connectivity index (χ0) is 12.3. The molecule has 2 N–H and O–H groups in total. The van der Waals surface area contributed by atoms with Crippen molar-refractivity contribution in [1.82, 2.24) is 10.3 Å². The van der Waals surface area contributed by atoms with Gasteiger partial charge in [-0.15, -0.1) is 11.3 Å². The van der Waals surface area contributed by atoms with Crippen molar-refractivity contribution >= 4 is 17.3 Å². The molecular formula is C11H18N2O2S. The van der Waals surface area contributed by atoms with Gasteiger partial charge in [0.15, 0.2) is 0 Å². The summed E-state index contributed by atoms with van der Waals surface area (Å²) < 4.78 is 0. The minimum Gasteiger partial charge on any atom is -0.477 e. The van der Waals surface area contributed by atoms with Crippen molar-refractivity contribution in [3.05, 3.63) is 15.6 Å². The number of carboxylic acids is 1. The fourth-order valence-corrected chi connectivity index (χ4v) is 2.41. The highest BCUT2D eigenvalue weighted by molar-refractivity contribution is 7.13. The molecule has 0 saturated heterocycles. The van der Waals surface area contributed by atoms with Crippen LogP contribution in [-0.2, 0) is 12.0 Å². The van der Waals surface area contributed by atoms with Crippen LogP contribution in [0.25, 0.3) is 0 Å². The maximum atomic E-state index is 11.1. The van der Waals surface area contributed by atoms with Gasteiger partial charge < -0.3 is 10.4 Å². The van der Waals surface area contributed by atoms with Gasteiger partial charge in [0, 0.05) is 12.0 Å². The third kappa shape index (κ3) is 3.02. The van der Waals surface area contributed by atoms with Crippen LogP contribution < -0.4 is 5.32 Å². The summed E-state index contributed by atoms with van der Waals surface area (Å²) in [6, 6.07) is 0. The Balaban J connectivity index is 3.06. The summed E-state index contributed by atoms with van der Waals surface area (Å²) in [6.07, 6.45) is 0. The molecule has 4 nitrogen and oxygen atoms in total. The summed E-state index contributed by atoms with van der Waals surface area (Å²) in [5.74, 6) is -0.884. The van der Waals surface area contributed by atoms with Gasteiger partial charge in [-0.1, -0.05) is 27.7 Å². The van der Waals surface area contributed by atoms with Crippen molar-refractivity contribution in [2.75, 3.05) is 6.54 Å². The lowest BCUT2D eigenvalue weighted by atomic mass is 9.91. The molecule has 0 bridgehead atoms. The van der Waals surface area contributed by atoms with E-state index in [9.17, 15) is 4.79 Å². The highest BCUT2D eigenvalue weighted by Gasteiger charge is 2.26. The van der Waals surface area contributed by atoms with E-state index < -0.39 is 5.97 Å². The van der Waals surface area contributed by atoms with Crippen LogP contribution in [0.1, 0.15) is 48.1 Å². The van der Waals surface area contributed by atoms with Crippen molar-refractivity contribution in [3.8, 4) is 0 Å². The Morgan fingerprint density at radius 2 is 2.12 bits per heavy atom. The van der Waals surface area contributed by atoms with Gasteiger partial charge in [-0.2, -0.15) is 0 Å². The van der Waals surface area contributed by atoms with Crippen LogP contribution in [0.4, 0.5) is 0 Å². The summed E-state index contributed by atoms with van der Waals surface area (Å²) in [4.78, 5) is 15.9. The Bertz CT molecular complexity index is 380. The van der Waals surface area contributed by atoms with Gasteiger partial charge in [0.1, 0.15) is 9.88 Å². The van der Waals surface area contributed by atoms with Crippen LogP contribution in [0.5, 0.6) is 0 Å². The third-order valence-electron chi connectivity index (χ3n) is 2.10. The van der Waals surface area contributed by atoms with Gasteiger partial charge in [0.25, 0.3) is 0 Å². The number of thiazole rings is 1. The molecule has 1 rings (SSSR count). The van der Waals surface area contributed by atoms with E-state index in [1.165, 1.54) is 11.3 Å². The molecule has 1 aromatic heterocycles. The summed E-state index contributed by atoms with van der Waals surface area (Å²) >= 11 is 1.26. The molecule has 0 aliphatic rings. The van der Waals surface area contributed by atoms with E-state index in [0.717, 1.165) is 11.6 Å². The summed E-state index contributed by atoms with van der Waals surface area (Å²) in [5, 5.41) is 13.1. The van der Waals surface area contributed by atoms with E-state index >= 15 is 0 Å². The fourth-order valence-electron chi connectivity index (χ4n) is 1.33. The predicted octanol–water partition coefficient (Wildman–Crippen LogP) is 2.25. The molecule has 0 aromatic carbocycles. The van der Waals surface area contributed by atoms with Crippen molar-refractivity contribution in [2.24, 2.45) is 0 Å². The standard InChI is InChI=1S/C11H18N2O2S/c1-5-12-6-7-13-9(11(2,3)4)8(16-7)10(14)15/h12H,5-6H2,1-4H3,(H,14,15). The largest absolute Gasteiger partial charge is 0.477 e. The first-order chi connectivity index (χ1) is 7.36. The van der Waals surface area contributed by atoms with Crippen LogP contribution in [-0.4, -0.2) is 22.6 Å². The zero-order valence-corrected chi connectivity index (χ0v) is 10.9. The molecule has 0 unspecified atom stereocenters. The molecule has 0 atom stereocenters. The Morgan fingerprint density at radius 3 is 2.50 bits per heavy atom. The lowest BCUT2D eigenvalue weighted by Gasteiger charge is -2.16. The summed E-state index contributed by atoms with van der Waals surface area (Å²) in [7, 11) is 0. The number of hydrogen-bond acceptors (Lipinski definition) is 4. The second-order valence-electron chi connectivity index (χ2n) is 4.62. The molecular weight excluding hydrogens is 224 g/mol. The third-order valence-corrected chi connectivity index (χ3v) is 3.15. The number of hydrogen-bond donors (Lipinski definition) is 2. The Hall–Kier alpha value is -0.940. The molecule has 16 heavy (non-hydrogen) atoms. The van der Waals surface area contributed by atoms with Crippen molar-refractivity contribution < 1.29 is 9.90 Å². The SMILES string of the molecule is CCNCc1nc(C(C)(C)C)c(C(=O)O)s1. The predicted molar refractivity (Wildman–Crippen MR) is 65.2 cm³/mol. The number of aromatic carboxylic acids is 1. The van der Waals surface area contributed by atoms with Gasteiger partial charge in [-0.05, 0) is 6.54 Å². The lowest BCUT2D eigenvalue weighted by molar-refractivity contribution is 0.0699. The number of nitrogens with zero attached hydrogens (tertiary/aromatic N) is 1. The number of carboxylic acid groups (broad SMARTS) is 1. The topological polar surface area (TPSA) is 62.2 Å². The normalized spacial score (nSPS) is 11.8. The first-order valence-corrected chi connectivity index (χ1v) is 6.12. The minimum atomic E-state index is -0.884. The average Bonchev–Trinajstić information content (AvgIpc) is 2.58. The Kier molecular flexibility index (Phi) is 4.04. The molecule has 0 aliphatic carbocycles. The number of carbonyl (C=O) groups is 1. The van der Waals surface area contributed by atoms with Crippen molar-refractivity contribution in [3.63, 3.8) is 0 Å². The zero-order valence-electron chi connectivity index (χ0n) is 10.1. The average molecular weight is 242 g/mol. The number of nitrogens with one attached hydrogen (secondary N) is 1. The molecule has 0 amide bonds. The van der Waals surface area contributed by atoms with E-state index in [-0.39, 0.29) is 5.41 Å². The smallest absolute Gasteiger partial charge is 0.347 e. The highest BCUT2D eigenvalue weighted by Crippen LogP contribution is 2.29. The van der Waals surface area contributed by atoms with Gasteiger partial charge in [0.2, 0.25) is 0 Å². The number of aromatic nitrogens is 1. The Morgan fingerprint density at radius 1 is 1.50 bits per heavy atom. The van der Waals surface area contributed by atoms with Crippen LogP contribution in [0, 0.1) is 0 Å². The molecule has 1 heterocycles. The summed E-state index contributed by atoms with van der Waals surface area (Å²) in [5.41, 5.74) is 0.451. The fraction of sp³-hybridized carbons (Fsp3) is 0.636. The molecule has 0 radical (unpaired) electrons. The molecule has 90 valence electrons. The van der Waals surface area contributed by atoms with Gasteiger partial charge in [-0.25, -0.2) is 9.78 Å². The maximum Gasteiger partial charge on any atom is 0.347 e. The lowest BCUT2D eigenvalue weighted by Crippen LogP contribution is -2.16. The van der Waals surface area contributed by atoms with Gasteiger partial charge in [0.05, 0.1) is 5.69 Å². The van der Waals surface area contributed by atoms with Crippen LogP contribution >= 0.6 is 11.3 Å². The minimum absolute atomic E-state index is 0.227. The van der Waals surface area contributed by atoms with E-state index in [0.29, 0.717) is 17.1 Å². The van der Waals surface area contributed by atoms with Crippen LogP contribution in [0.3, 0.4) is 0 Å². The number of rotatable bonds is 4. The van der Waals surface area contributed by atoms with E-state index in [2.05, 4.69) is 10.3 Å². The van der Waals surface area contributed by atoms with E-state index in [1.807, 2.05) is 27.7 Å². The first kappa shape index (κ1) is 13.1. The second-order valence-corrected chi connectivity index (χ2v) is 5.70. The monoisotopic (exact) mass is 242 g/mol. The van der Waals surface area contributed by atoms with E-state index in [4.69, 9.17) is 5.11 Å². The molecule has 5 heteroatoms. The van der Waals surface area contributed by atoms with Gasteiger partial charge >= 0.3 is 5.97 Å². The van der Waals surface area contributed by atoms with E-state index in [1.54, 1.807) is 0 Å². The second kappa shape index (κ2) is 4.93. The van der Waals surface area contributed by atoms with Crippen molar-refractivity contribution in [1.29, 1.82) is 0 Å².